The Labute approximate surface area is 420 Å². The molecule has 0 bridgehead atoms. The van der Waals surface area contributed by atoms with Crippen molar-refractivity contribution in [2.75, 3.05) is 38.4 Å². The average molecular weight is 1020 g/mol. The van der Waals surface area contributed by atoms with E-state index in [0.717, 1.165) is 11.1 Å². The van der Waals surface area contributed by atoms with Crippen LogP contribution < -0.4 is 41.8 Å². The van der Waals surface area contributed by atoms with Crippen LogP contribution in [0, 0.1) is 11.8 Å². The molecule has 19 heteroatoms. The number of carbonyl (C=O) groups excluding carboxylic acids is 6. The molecule has 0 aliphatic rings. The van der Waals surface area contributed by atoms with E-state index in [1.165, 1.54) is 26.2 Å². The minimum absolute atomic E-state index is 0.0280. The molecule has 0 saturated heterocycles. The van der Waals surface area contributed by atoms with Gasteiger partial charge in [0.1, 0.15) is 23.6 Å². The quantitative estimate of drug-likeness (QED) is 0.0383. The Bertz CT molecular complexity index is 2290. The summed E-state index contributed by atoms with van der Waals surface area (Å²) in [6.45, 7) is 16.1. The van der Waals surface area contributed by atoms with Gasteiger partial charge in [0.25, 0.3) is 11.8 Å². The molecule has 5 amide bonds. The number of halogens is 3. The van der Waals surface area contributed by atoms with Crippen molar-refractivity contribution in [3.05, 3.63) is 117 Å². The van der Waals surface area contributed by atoms with Gasteiger partial charge in [-0.1, -0.05) is 75.2 Å². The third kappa shape index (κ3) is 23.1. The third-order valence-corrected chi connectivity index (χ3v) is 9.69. The molecule has 0 aliphatic carbocycles. The van der Waals surface area contributed by atoms with Crippen LogP contribution in [0.3, 0.4) is 0 Å². The summed E-state index contributed by atoms with van der Waals surface area (Å²) in [6.07, 6.45) is -0.0121. The van der Waals surface area contributed by atoms with Crippen LogP contribution in [0.2, 0.25) is 10.0 Å². The number of likely N-dealkylation sites (N-methyl/N-ethyl adjacent to an activating group) is 2. The number of hydrogen-bond acceptors (Lipinski definition) is 11. The van der Waals surface area contributed by atoms with Gasteiger partial charge in [-0.05, 0) is 111 Å². The van der Waals surface area contributed by atoms with Crippen molar-refractivity contribution in [3.8, 4) is 11.5 Å². The first-order valence-corrected chi connectivity index (χ1v) is 23.3. The van der Waals surface area contributed by atoms with Crippen LogP contribution in [0.25, 0.3) is 0 Å². The Morgan fingerprint density at radius 3 is 1.29 bits per heavy atom. The molecule has 16 nitrogen and oxygen atoms in total. The maximum absolute atomic E-state index is 12.8. The summed E-state index contributed by atoms with van der Waals surface area (Å²) in [5.74, 6) is 0.148. The minimum atomic E-state index is -0.808. The molecular formula is C50H65Cl3N6O10. The fraction of sp³-hybridized carbons (Fsp3) is 0.400. The second kappa shape index (κ2) is 30.3. The van der Waals surface area contributed by atoms with Crippen LogP contribution >= 0.6 is 34.8 Å². The first-order valence-electron chi connectivity index (χ1n) is 22.2. The molecule has 0 aliphatic heterocycles. The molecule has 0 radical (unpaired) electrons. The Hall–Kier alpha value is -6.23. The molecule has 4 rings (SSSR count). The number of anilines is 2. The number of hydrogen-bond donors (Lipinski definition) is 6. The van der Waals surface area contributed by atoms with E-state index < -0.39 is 35.4 Å². The summed E-state index contributed by atoms with van der Waals surface area (Å²) in [5.41, 5.74) is 8.51. The smallest absolute Gasteiger partial charge is 0.411 e. The lowest BCUT2D eigenvalue weighted by molar-refractivity contribution is -0.123. The Balaban J connectivity index is 0.000000416. The highest BCUT2D eigenvalue weighted by atomic mass is 35.5. The Morgan fingerprint density at radius 2 is 0.957 bits per heavy atom. The second-order valence-corrected chi connectivity index (χ2v) is 17.9. The van der Waals surface area contributed by atoms with E-state index in [-0.39, 0.29) is 36.4 Å². The predicted molar refractivity (Wildman–Crippen MR) is 272 cm³/mol. The van der Waals surface area contributed by atoms with E-state index in [4.69, 9.17) is 54.7 Å². The van der Waals surface area contributed by atoms with Crippen molar-refractivity contribution in [1.82, 2.24) is 21.3 Å². The van der Waals surface area contributed by atoms with Gasteiger partial charge in [0, 0.05) is 61.0 Å². The van der Waals surface area contributed by atoms with Crippen LogP contribution in [0.4, 0.5) is 21.0 Å². The fourth-order valence-electron chi connectivity index (χ4n) is 5.71. The second-order valence-electron chi connectivity index (χ2n) is 16.8. The average Bonchev–Trinajstić information content (AvgIpc) is 3.29. The maximum Gasteiger partial charge on any atom is 0.411 e. The Morgan fingerprint density at radius 1 is 0.565 bits per heavy atom. The lowest BCUT2D eigenvalue weighted by atomic mass is 10.0. The molecule has 0 aromatic heterocycles. The highest BCUT2D eigenvalue weighted by Gasteiger charge is 2.23. The monoisotopic (exact) mass is 1010 g/mol. The number of rotatable bonds is 19. The lowest BCUT2D eigenvalue weighted by Crippen LogP contribution is -2.47. The van der Waals surface area contributed by atoms with E-state index >= 15 is 0 Å². The van der Waals surface area contributed by atoms with Crippen molar-refractivity contribution in [1.29, 1.82) is 0 Å². The summed E-state index contributed by atoms with van der Waals surface area (Å²) in [4.78, 5) is 71.7. The van der Waals surface area contributed by atoms with Gasteiger partial charge in [0.05, 0.1) is 35.5 Å². The van der Waals surface area contributed by atoms with Crippen molar-refractivity contribution < 1.29 is 47.7 Å². The molecule has 2 unspecified atom stereocenters. The van der Waals surface area contributed by atoms with Gasteiger partial charge < -0.3 is 45.9 Å². The summed E-state index contributed by atoms with van der Waals surface area (Å²) >= 11 is 17.3. The van der Waals surface area contributed by atoms with Crippen LogP contribution in [-0.2, 0) is 31.9 Å². The molecule has 4 aromatic rings. The third-order valence-electron chi connectivity index (χ3n) is 8.99. The normalized spacial score (nSPS) is 11.4. The highest BCUT2D eigenvalue weighted by Crippen LogP contribution is 2.28. The molecule has 0 fully saturated rings. The van der Waals surface area contributed by atoms with Gasteiger partial charge in [0.2, 0.25) is 11.8 Å². The molecule has 0 spiro atoms. The fourth-order valence-corrected chi connectivity index (χ4v) is 6.22. The maximum atomic E-state index is 12.8. The standard InChI is InChI=1S/C25H32ClN3O5.C20H24ClN3O3.C5H9ClO2/c1-15(2)14-33-25(32)28-19-9-6-17(7-10-19)12-21(24(31)27-5)29-23(30)18-8-11-22(20(26)13-18)34-16(3)4;1-12(2)27-18-9-6-14(11-16(18)21)19(25)24-17(20(26)23-3)10-13-4-7-15(22)8-5-13;1-4(2)3-8-5(6)7/h6-11,13,15-16,21H,12,14H2,1-5H3,(H,27,31)(H,28,32)(H,29,30);4-9,11-12,17H,10,22H2,1-3H3,(H,23,26)(H,24,25);4H,3H2,1-2H3. The SMILES string of the molecule is CC(C)COC(=O)Cl.CNC(=O)C(Cc1ccc(N)cc1)NC(=O)c1ccc(OC(C)C)c(Cl)c1.CNC(=O)C(Cc1ccc(NC(=O)OCC(C)C)cc1)NC(=O)c1ccc(OC(C)C)c(Cl)c1. The summed E-state index contributed by atoms with van der Waals surface area (Å²) in [5, 5.41) is 14.0. The number of nitrogen functional groups attached to an aromatic ring is 1. The van der Waals surface area contributed by atoms with Gasteiger partial charge in [-0.3, -0.25) is 24.5 Å². The minimum Gasteiger partial charge on any atom is -0.489 e. The molecule has 7 N–H and O–H groups in total. The summed E-state index contributed by atoms with van der Waals surface area (Å²) in [7, 11) is 3.03. The molecular weight excluding hydrogens is 951 g/mol. The zero-order valence-corrected chi connectivity index (χ0v) is 42.9. The topological polar surface area (TPSA) is 226 Å². The summed E-state index contributed by atoms with van der Waals surface area (Å²) < 4.78 is 20.7. The molecule has 2 atom stereocenters. The zero-order chi connectivity index (χ0) is 51.8. The van der Waals surface area contributed by atoms with Crippen LogP contribution in [0.15, 0.2) is 84.9 Å². The van der Waals surface area contributed by atoms with Crippen molar-refractivity contribution >= 4 is 81.3 Å². The van der Waals surface area contributed by atoms with Gasteiger partial charge in [-0.25, -0.2) is 9.59 Å². The first-order chi connectivity index (χ1) is 32.5. The van der Waals surface area contributed by atoms with E-state index in [1.54, 1.807) is 60.7 Å². The number of carbonyl (C=O) groups is 6. The van der Waals surface area contributed by atoms with Gasteiger partial charge in [-0.15, -0.1) is 0 Å². The zero-order valence-electron chi connectivity index (χ0n) is 40.7. The van der Waals surface area contributed by atoms with Gasteiger partial charge >= 0.3 is 11.5 Å². The Kier molecular flexibility index (Phi) is 25.9. The van der Waals surface area contributed by atoms with Gasteiger partial charge in [-0.2, -0.15) is 0 Å². The number of benzene rings is 4. The van der Waals surface area contributed by atoms with E-state index in [9.17, 15) is 28.8 Å². The number of nitrogens with one attached hydrogen (secondary N) is 5. The highest BCUT2D eigenvalue weighted by molar-refractivity contribution is 6.61. The van der Waals surface area contributed by atoms with E-state index in [2.05, 4.69) is 31.3 Å². The van der Waals surface area contributed by atoms with E-state index in [1.807, 2.05) is 67.5 Å². The van der Waals surface area contributed by atoms with Crippen LogP contribution in [-0.4, -0.2) is 86.8 Å². The van der Waals surface area contributed by atoms with Crippen LogP contribution in [0.1, 0.15) is 87.2 Å². The first kappa shape index (κ1) is 58.9. The summed E-state index contributed by atoms with van der Waals surface area (Å²) in [6, 6.07) is 22.1. The molecule has 0 heterocycles. The molecule has 4 aromatic carbocycles. The van der Waals surface area contributed by atoms with Crippen LogP contribution in [0.5, 0.6) is 11.5 Å². The largest absolute Gasteiger partial charge is 0.489 e. The van der Waals surface area contributed by atoms with E-state index in [0.29, 0.717) is 69.6 Å². The molecule has 376 valence electrons. The number of amides is 5. The van der Waals surface area contributed by atoms with Crippen molar-refractivity contribution in [2.45, 2.75) is 92.5 Å². The molecule has 69 heavy (non-hydrogen) atoms. The number of nitrogens with two attached hydrogens (primary N) is 1. The predicted octanol–water partition coefficient (Wildman–Crippen LogP) is 9.23. The molecule has 0 saturated carbocycles. The lowest BCUT2D eigenvalue weighted by Gasteiger charge is -2.18. The number of ether oxygens (including phenoxy) is 4. The van der Waals surface area contributed by atoms with Gasteiger partial charge in [0.15, 0.2) is 0 Å². The van der Waals surface area contributed by atoms with Crippen molar-refractivity contribution in [2.24, 2.45) is 11.8 Å². The van der Waals surface area contributed by atoms with Crippen molar-refractivity contribution in [3.63, 3.8) is 0 Å².